The molecule has 0 heterocycles. The molecule has 2 N–H and O–H groups in total. The molecule has 0 bridgehead atoms. The van der Waals surface area contributed by atoms with E-state index in [1.54, 1.807) is 12.4 Å². The molecular weight excluding hydrogens is 432 g/mol. The van der Waals surface area contributed by atoms with Crippen molar-refractivity contribution in [2.24, 2.45) is 9.98 Å². The summed E-state index contributed by atoms with van der Waals surface area (Å²) in [6, 6.07) is 31.1. The molecule has 4 nitrogen and oxygen atoms in total. The van der Waals surface area contributed by atoms with Crippen LogP contribution in [-0.2, 0) is 0 Å². The van der Waals surface area contributed by atoms with Crippen LogP contribution in [0.15, 0.2) is 107 Å². The van der Waals surface area contributed by atoms with Crippen LogP contribution in [0.2, 0.25) is 0 Å². The van der Waals surface area contributed by atoms with Crippen molar-refractivity contribution in [1.29, 1.82) is 0 Å². The molecule has 0 unspecified atom stereocenters. The third kappa shape index (κ3) is 6.04. The Labute approximate surface area is 207 Å². The number of benzene rings is 4. The molecule has 0 aromatic heterocycles. The summed E-state index contributed by atoms with van der Waals surface area (Å²) in [7, 11) is 0. The monoisotopic (exact) mass is 462 g/mol. The van der Waals surface area contributed by atoms with Gasteiger partial charge in [-0.25, -0.2) is 0 Å². The Morgan fingerprint density at radius 1 is 0.571 bits per heavy atom. The topological polar surface area (TPSA) is 65.2 Å². The van der Waals surface area contributed by atoms with Crippen LogP contribution in [0, 0.1) is 0 Å². The maximum atomic E-state index is 10.7. The third-order valence-electron chi connectivity index (χ3n) is 5.92. The Bertz CT molecular complexity index is 1210. The minimum absolute atomic E-state index is 0.0196. The van der Waals surface area contributed by atoms with Crippen molar-refractivity contribution in [3.63, 3.8) is 0 Å². The van der Waals surface area contributed by atoms with E-state index in [0.717, 1.165) is 28.7 Å². The molecule has 0 amide bonds. The summed E-state index contributed by atoms with van der Waals surface area (Å²) in [5, 5.41) is 21.5. The zero-order chi connectivity index (χ0) is 24.6. The first-order chi connectivity index (χ1) is 17.0. The van der Waals surface area contributed by atoms with Gasteiger partial charge < -0.3 is 10.2 Å². The lowest BCUT2D eigenvalue weighted by molar-refractivity contribution is 0.476. The molecule has 0 saturated carbocycles. The van der Waals surface area contributed by atoms with Gasteiger partial charge in [0.05, 0.1) is 0 Å². The first-order valence-corrected chi connectivity index (χ1v) is 11.8. The molecule has 0 fully saturated rings. The number of hydrogen-bond acceptors (Lipinski definition) is 4. The van der Waals surface area contributed by atoms with Gasteiger partial charge in [-0.05, 0) is 43.5 Å². The molecule has 0 radical (unpaired) electrons. The second kappa shape index (κ2) is 11.3. The van der Waals surface area contributed by atoms with Crippen molar-refractivity contribution in [3.8, 4) is 33.8 Å². The van der Waals surface area contributed by atoms with Crippen molar-refractivity contribution in [1.82, 2.24) is 0 Å². The van der Waals surface area contributed by atoms with Gasteiger partial charge >= 0.3 is 0 Å². The van der Waals surface area contributed by atoms with Crippen LogP contribution in [0.3, 0.4) is 0 Å². The second-order valence-corrected chi connectivity index (χ2v) is 8.71. The average Bonchev–Trinajstić information content (AvgIpc) is 2.88. The summed E-state index contributed by atoms with van der Waals surface area (Å²) >= 11 is 0. The van der Waals surface area contributed by atoms with Gasteiger partial charge in [-0.1, -0.05) is 84.9 Å². The Morgan fingerprint density at radius 3 is 1.37 bits per heavy atom. The summed E-state index contributed by atoms with van der Waals surface area (Å²) in [4.78, 5) is 9.30. The predicted octanol–water partition coefficient (Wildman–Crippen LogP) is 7.14. The number of phenolic OH excluding ortho intramolecular Hbond substituents is 2. The average molecular weight is 463 g/mol. The van der Waals surface area contributed by atoms with E-state index in [4.69, 9.17) is 0 Å². The maximum absolute atomic E-state index is 10.7. The molecule has 0 aliphatic heterocycles. The number of para-hydroxylation sites is 2. The van der Waals surface area contributed by atoms with Crippen LogP contribution in [0.1, 0.15) is 31.4 Å². The van der Waals surface area contributed by atoms with Crippen LogP contribution in [0.5, 0.6) is 11.5 Å². The van der Waals surface area contributed by atoms with E-state index >= 15 is 0 Å². The highest BCUT2D eigenvalue weighted by Gasteiger charge is 2.10. The molecular formula is C31H30N2O2. The van der Waals surface area contributed by atoms with Crippen LogP contribution in [0.25, 0.3) is 22.3 Å². The fourth-order valence-electron chi connectivity index (χ4n) is 4.06. The van der Waals surface area contributed by atoms with Gasteiger partial charge in [0.1, 0.15) is 11.5 Å². The molecule has 2 atom stereocenters. The maximum Gasteiger partial charge on any atom is 0.132 e. The van der Waals surface area contributed by atoms with Crippen molar-refractivity contribution >= 4 is 12.4 Å². The molecule has 4 rings (SSSR count). The van der Waals surface area contributed by atoms with E-state index in [2.05, 4.69) is 9.98 Å². The van der Waals surface area contributed by atoms with E-state index in [-0.39, 0.29) is 23.6 Å². The van der Waals surface area contributed by atoms with E-state index in [9.17, 15) is 10.2 Å². The summed E-state index contributed by atoms with van der Waals surface area (Å²) in [6.45, 7) is 4.07. The van der Waals surface area contributed by atoms with Crippen molar-refractivity contribution in [2.75, 3.05) is 0 Å². The van der Waals surface area contributed by atoms with Crippen molar-refractivity contribution in [2.45, 2.75) is 32.4 Å². The van der Waals surface area contributed by atoms with Gasteiger partial charge in [0.25, 0.3) is 0 Å². The van der Waals surface area contributed by atoms with E-state index in [1.807, 2.05) is 111 Å². The third-order valence-corrected chi connectivity index (χ3v) is 5.92. The molecule has 4 aromatic carbocycles. The fourth-order valence-corrected chi connectivity index (χ4v) is 4.06. The van der Waals surface area contributed by atoms with Gasteiger partial charge in [-0.3, -0.25) is 9.98 Å². The zero-order valence-electron chi connectivity index (χ0n) is 20.0. The number of aliphatic imine (C=N–C) groups is 2. The van der Waals surface area contributed by atoms with E-state index in [0.29, 0.717) is 11.1 Å². The smallest absolute Gasteiger partial charge is 0.132 e. The minimum atomic E-state index is 0.0196. The van der Waals surface area contributed by atoms with Gasteiger partial charge in [-0.15, -0.1) is 0 Å². The van der Waals surface area contributed by atoms with Crippen LogP contribution < -0.4 is 0 Å². The Kier molecular flexibility index (Phi) is 7.74. The van der Waals surface area contributed by atoms with Crippen LogP contribution in [0.4, 0.5) is 0 Å². The molecule has 0 aliphatic carbocycles. The summed E-state index contributed by atoms with van der Waals surface area (Å²) in [6.07, 6.45) is 4.21. The summed E-state index contributed by atoms with van der Waals surface area (Å²) < 4.78 is 0. The lowest BCUT2D eigenvalue weighted by atomic mass is 10.0. The first kappa shape index (κ1) is 24.0. The van der Waals surface area contributed by atoms with Crippen LogP contribution >= 0.6 is 0 Å². The summed E-state index contributed by atoms with van der Waals surface area (Å²) in [5.74, 6) is 0.462. The molecule has 0 aliphatic rings. The Hall–Kier alpha value is -4.18. The van der Waals surface area contributed by atoms with E-state index in [1.165, 1.54) is 0 Å². The normalized spacial score (nSPS) is 13.3. The highest BCUT2D eigenvalue weighted by atomic mass is 16.3. The number of hydrogen-bond donors (Lipinski definition) is 2. The van der Waals surface area contributed by atoms with Crippen LogP contribution in [-0.4, -0.2) is 34.7 Å². The van der Waals surface area contributed by atoms with Gasteiger partial charge in [0.15, 0.2) is 0 Å². The lowest BCUT2D eigenvalue weighted by Gasteiger charge is -2.12. The molecule has 0 spiro atoms. The lowest BCUT2D eigenvalue weighted by Crippen LogP contribution is -2.09. The number of aromatic hydroxyl groups is 2. The standard InChI is InChI=1S/C31H30N2O2/c1-22(32-20-26-15-9-17-28(30(26)34)24-11-5-3-6-12-24)19-23(2)33-21-27-16-10-18-29(31(27)35)25-13-7-4-8-14-25/h3-18,20-23,34-35H,19H2,1-2H3/t22-,23-/m0/s1. The largest absolute Gasteiger partial charge is 0.507 e. The quantitative estimate of drug-likeness (QED) is 0.273. The second-order valence-electron chi connectivity index (χ2n) is 8.71. The zero-order valence-corrected chi connectivity index (χ0v) is 20.0. The minimum Gasteiger partial charge on any atom is -0.507 e. The Balaban J connectivity index is 1.41. The molecule has 4 heteroatoms. The number of rotatable bonds is 8. The van der Waals surface area contributed by atoms with Crippen molar-refractivity contribution in [3.05, 3.63) is 108 Å². The molecule has 35 heavy (non-hydrogen) atoms. The first-order valence-electron chi connectivity index (χ1n) is 11.8. The predicted molar refractivity (Wildman–Crippen MR) is 146 cm³/mol. The van der Waals surface area contributed by atoms with Gasteiger partial charge in [0, 0.05) is 46.8 Å². The fraction of sp³-hybridized carbons (Fsp3) is 0.161. The molecule has 0 saturated heterocycles. The van der Waals surface area contributed by atoms with E-state index < -0.39 is 0 Å². The molecule has 4 aromatic rings. The SMILES string of the molecule is C[C@@H](C[C@H](C)N=Cc1cccc(-c2ccccc2)c1O)N=Cc1cccc(-c2ccccc2)c1O. The highest BCUT2D eigenvalue weighted by Crippen LogP contribution is 2.32. The van der Waals surface area contributed by atoms with Gasteiger partial charge in [0.2, 0.25) is 0 Å². The Morgan fingerprint density at radius 2 is 0.971 bits per heavy atom. The number of phenols is 2. The van der Waals surface area contributed by atoms with Crippen molar-refractivity contribution < 1.29 is 10.2 Å². The summed E-state index contributed by atoms with van der Waals surface area (Å²) in [5.41, 5.74) is 4.90. The number of nitrogens with zero attached hydrogens (tertiary/aromatic N) is 2. The van der Waals surface area contributed by atoms with Gasteiger partial charge in [-0.2, -0.15) is 0 Å². The highest BCUT2D eigenvalue weighted by molar-refractivity contribution is 5.89. The molecule has 176 valence electrons.